The van der Waals surface area contributed by atoms with Gasteiger partial charge in [0.15, 0.2) is 0 Å². The predicted octanol–water partition coefficient (Wildman–Crippen LogP) is 7.09. The number of rotatable bonds is 18. The molecule has 29 heavy (non-hydrogen) atoms. The van der Waals surface area contributed by atoms with Crippen LogP contribution in [0, 0.1) is 17.3 Å². The van der Waals surface area contributed by atoms with Crippen LogP contribution >= 0.6 is 0 Å². The Hall–Kier alpha value is -1.06. The van der Waals surface area contributed by atoms with Crippen LogP contribution in [0.15, 0.2) is 0 Å². The number of carbonyl (C=O) groups excluding carboxylic acids is 2. The maximum atomic E-state index is 11.9. The van der Waals surface area contributed by atoms with E-state index in [0.717, 1.165) is 37.5 Å². The maximum Gasteiger partial charge on any atom is 0.305 e. The number of hydrogen-bond acceptors (Lipinski definition) is 4. The highest BCUT2D eigenvalue weighted by Gasteiger charge is 2.22. The monoisotopic (exact) mass is 412 g/mol. The molecule has 0 rings (SSSR count). The molecule has 0 aromatic carbocycles. The molecule has 0 radical (unpaired) electrons. The molecule has 0 aliphatic carbocycles. The van der Waals surface area contributed by atoms with Gasteiger partial charge in [0.05, 0.1) is 13.2 Å². The summed E-state index contributed by atoms with van der Waals surface area (Å²) >= 11 is 0. The summed E-state index contributed by atoms with van der Waals surface area (Å²) in [5.41, 5.74) is -0.347. The molecule has 0 aliphatic rings. The molecule has 0 N–H and O–H groups in total. The lowest BCUT2D eigenvalue weighted by Gasteiger charge is -2.23. The van der Waals surface area contributed by atoms with Gasteiger partial charge in [0.2, 0.25) is 0 Å². The Balaban J connectivity index is 3.72. The van der Waals surface area contributed by atoms with Gasteiger partial charge in [-0.05, 0) is 24.7 Å². The van der Waals surface area contributed by atoms with Crippen molar-refractivity contribution >= 4 is 11.9 Å². The first-order valence-electron chi connectivity index (χ1n) is 11.9. The van der Waals surface area contributed by atoms with Gasteiger partial charge in [0.1, 0.15) is 0 Å². The van der Waals surface area contributed by atoms with Crippen LogP contribution in [0.4, 0.5) is 0 Å². The van der Waals surface area contributed by atoms with Crippen LogP contribution in [0.25, 0.3) is 0 Å². The second-order valence-electron chi connectivity index (χ2n) is 10.2. The van der Waals surface area contributed by atoms with Crippen molar-refractivity contribution in [3.8, 4) is 0 Å². The molecule has 0 spiro atoms. The lowest BCUT2D eigenvalue weighted by atomic mass is 9.96. The third-order valence-electron chi connectivity index (χ3n) is 5.07. The minimum atomic E-state index is -0.347. The van der Waals surface area contributed by atoms with Crippen molar-refractivity contribution in [1.29, 1.82) is 0 Å². The summed E-state index contributed by atoms with van der Waals surface area (Å²) < 4.78 is 10.8. The average molecular weight is 413 g/mol. The summed E-state index contributed by atoms with van der Waals surface area (Å²) in [5.74, 6) is 1.22. The summed E-state index contributed by atoms with van der Waals surface area (Å²) in [6.07, 6.45) is 12.3. The first-order chi connectivity index (χ1) is 13.6. The topological polar surface area (TPSA) is 52.6 Å². The van der Waals surface area contributed by atoms with E-state index in [-0.39, 0.29) is 17.4 Å². The Labute approximate surface area is 180 Å². The van der Waals surface area contributed by atoms with Gasteiger partial charge in [-0.25, -0.2) is 0 Å². The van der Waals surface area contributed by atoms with E-state index in [1.165, 1.54) is 38.5 Å². The molecule has 0 amide bonds. The fourth-order valence-electron chi connectivity index (χ4n) is 3.09. The number of carbonyl (C=O) groups is 2. The molecule has 4 nitrogen and oxygen atoms in total. The van der Waals surface area contributed by atoms with Crippen LogP contribution in [0.3, 0.4) is 0 Å². The van der Waals surface area contributed by atoms with Crippen LogP contribution in [-0.2, 0) is 19.1 Å². The fraction of sp³-hybridized carbons (Fsp3) is 0.920. The Kier molecular flexibility index (Phi) is 16.1. The fourth-order valence-corrected chi connectivity index (χ4v) is 3.09. The normalized spacial score (nSPS) is 11.9. The van der Waals surface area contributed by atoms with E-state index >= 15 is 0 Å². The van der Waals surface area contributed by atoms with Crippen molar-refractivity contribution in [2.45, 2.75) is 119 Å². The van der Waals surface area contributed by atoms with E-state index in [0.29, 0.717) is 26.1 Å². The van der Waals surface area contributed by atoms with Crippen molar-refractivity contribution in [2.75, 3.05) is 13.2 Å². The molecule has 4 heteroatoms. The quantitative estimate of drug-likeness (QED) is 0.178. The average Bonchev–Trinajstić information content (AvgIpc) is 2.63. The highest BCUT2D eigenvalue weighted by molar-refractivity contribution is 5.69. The highest BCUT2D eigenvalue weighted by Crippen LogP contribution is 2.18. The standard InChI is InChI=1S/C25H48O4/c1-21(2)15-11-7-9-13-17-23(26)28-19-25(5,6)20-29-24(27)18-14-10-8-12-16-22(3)4/h21-22H,7-20H2,1-6H3. The van der Waals surface area contributed by atoms with Crippen LogP contribution < -0.4 is 0 Å². The molecule has 0 bridgehead atoms. The molecule has 0 heterocycles. The zero-order valence-electron chi connectivity index (χ0n) is 20.2. The first-order valence-corrected chi connectivity index (χ1v) is 11.9. The summed E-state index contributed by atoms with van der Waals surface area (Å²) in [6.45, 7) is 13.5. The summed E-state index contributed by atoms with van der Waals surface area (Å²) in [4.78, 5) is 23.8. The van der Waals surface area contributed by atoms with Gasteiger partial charge in [-0.1, -0.05) is 92.9 Å². The van der Waals surface area contributed by atoms with Crippen molar-refractivity contribution in [3.05, 3.63) is 0 Å². The summed E-state index contributed by atoms with van der Waals surface area (Å²) in [6, 6.07) is 0. The van der Waals surface area contributed by atoms with Crippen LogP contribution in [0.2, 0.25) is 0 Å². The van der Waals surface area contributed by atoms with Gasteiger partial charge < -0.3 is 9.47 Å². The second-order valence-corrected chi connectivity index (χ2v) is 10.2. The van der Waals surface area contributed by atoms with Gasteiger partial charge >= 0.3 is 11.9 Å². The number of esters is 2. The molecule has 0 fully saturated rings. The zero-order chi connectivity index (χ0) is 22.1. The molecule has 0 aromatic rings. The minimum Gasteiger partial charge on any atom is -0.465 e. The molecule has 0 atom stereocenters. The predicted molar refractivity (Wildman–Crippen MR) is 121 cm³/mol. The number of hydrogen-bond donors (Lipinski definition) is 0. The number of unbranched alkanes of at least 4 members (excludes halogenated alkanes) is 6. The maximum absolute atomic E-state index is 11.9. The molecular weight excluding hydrogens is 364 g/mol. The number of ether oxygens (including phenoxy) is 2. The molecule has 0 aliphatic heterocycles. The Morgan fingerprint density at radius 2 is 0.966 bits per heavy atom. The highest BCUT2D eigenvalue weighted by atomic mass is 16.5. The van der Waals surface area contributed by atoms with Crippen LogP contribution in [0.1, 0.15) is 119 Å². The van der Waals surface area contributed by atoms with E-state index < -0.39 is 0 Å². The van der Waals surface area contributed by atoms with E-state index in [1.807, 2.05) is 13.8 Å². The Bertz CT molecular complexity index is 389. The zero-order valence-corrected chi connectivity index (χ0v) is 20.2. The molecule has 172 valence electrons. The van der Waals surface area contributed by atoms with Gasteiger partial charge in [-0.3, -0.25) is 9.59 Å². The molecule has 0 aromatic heterocycles. The van der Waals surface area contributed by atoms with Crippen molar-refractivity contribution in [2.24, 2.45) is 17.3 Å². The molecule has 0 unspecified atom stereocenters. The van der Waals surface area contributed by atoms with Gasteiger partial charge in [-0.2, -0.15) is 0 Å². The smallest absolute Gasteiger partial charge is 0.305 e. The largest absolute Gasteiger partial charge is 0.465 e. The Morgan fingerprint density at radius 1 is 0.621 bits per heavy atom. The van der Waals surface area contributed by atoms with E-state index in [4.69, 9.17) is 9.47 Å². The second kappa shape index (κ2) is 16.7. The van der Waals surface area contributed by atoms with Gasteiger partial charge in [-0.15, -0.1) is 0 Å². The van der Waals surface area contributed by atoms with Crippen molar-refractivity contribution in [3.63, 3.8) is 0 Å². The third-order valence-corrected chi connectivity index (χ3v) is 5.07. The third kappa shape index (κ3) is 20.0. The summed E-state index contributed by atoms with van der Waals surface area (Å²) in [5, 5.41) is 0. The van der Waals surface area contributed by atoms with Gasteiger partial charge in [0, 0.05) is 18.3 Å². The van der Waals surface area contributed by atoms with Crippen LogP contribution in [-0.4, -0.2) is 25.2 Å². The Morgan fingerprint density at radius 3 is 1.31 bits per heavy atom. The van der Waals surface area contributed by atoms with E-state index in [2.05, 4.69) is 27.7 Å². The molecule has 0 saturated carbocycles. The minimum absolute atomic E-state index is 0.144. The SMILES string of the molecule is CC(C)CCCCCCC(=O)OCC(C)(C)COC(=O)CCCCCCC(C)C. The lowest BCUT2D eigenvalue weighted by Crippen LogP contribution is -2.28. The van der Waals surface area contributed by atoms with Gasteiger partial charge in [0.25, 0.3) is 0 Å². The molecule has 0 saturated heterocycles. The molecular formula is C25H48O4. The van der Waals surface area contributed by atoms with Crippen molar-refractivity contribution < 1.29 is 19.1 Å². The van der Waals surface area contributed by atoms with E-state index in [9.17, 15) is 9.59 Å². The first kappa shape index (κ1) is 27.9. The van der Waals surface area contributed by atoms with Crippen molar-refractivity contribution in [1.82, 2.24) is 0 Å². The van der Waals surface area contributed by atoms with E-state index in [1.54, 1.807) is 0 Å². The lowest BCUT2D eigenvalue weighted by molar-refractivity contribution is -0.152. The summed E-state index contributed by atoms with van der Waals surface area (Å²) in [7, 11) is 0. The van der Waals surface area contributed by atoms with Crippen LogP contribution in [0.5, 0.6) is 0 Å².